The van der Waals surface area contributed by atoms with Gasteiger partial charge in [-0.15, -0.1) is 0 Å². The molecular formula is C29H34N6O3. The second kappa shape index (κ2) is 10.7. The molecule has 9 nitrogen and oxygen atoms in total. The lowest BCUT2D eigenvalue weighted by Crippen LogP contribution is -2.42. The Kier molecular flexibility index (Phi) is 7.18. The molecule has 5 rings (SSSR count). The second-order valence-electron chi connectivity index (χ2n) is 10.7. The highest BCUT2D eigenvalue weighted by Crippen LogP contribution is 2.26. The van der Waals surface area contributed by atoms with E-state index < -0.39 is 5.60 Å². The van der Waals surface area contributed by atoms with Crippen LogP contribution in [0.2, 0.25) is 0 Å². The number of benzene rings is 2. The predicted molar refractivity (Wildman–Crippen MR) is 147 cm³/mol. The van der Waals surface area contributed by atoms with Gasteiger partial charge in [0.25, 0.3) is 0 Å². The van der Waals surface area contributed by atoms with Gasteiger partial charge in [0.1, 0.15) is 17.4 Å². The van der Waals surface area contributed by atoms with E-state index in [0.29, 0.717) is 43.2 Å². The first kappa shape index (κ1) is 25.5. The molecule has 4 aromatic rings. The monoisotopic (exact) mass is 514 g/mol. The summed E-state index contributed by atoms with van der Waals surface area (Å²) < 4.78 is 7.23. The van der Waals surface area contributed by atoms with Crippen molar-refractivity contribution in [3.05, 3.63) is 88.6 Å². The number of ether oxygens (including phenoxy) is 1. The van der Waals surface area contributed by atoms with Gasteiger partial charge in [-0.1, -0.05) is 60.7 Å². The van der Waals surface area contributed by atoms with Crippen molar-refractivity contribution in [2.24, 2.45) is 0 Å². The Hall–Kier alpha value is -4.14. The number of likely N-dealkylation sites (tertiary alicyclic amines) is 1. The number of rotatable bonds is 7. The maximum Gasteiger partial charge on any atom is 0.410 e. The number of nitrogens with one attached hydrogen (secondary N) is 1. The summed E-state index contributed by atoms with van der Waals surface area (Å²) in [6, 6.07) is 20.2. The first-order valence-electron chi connectivity index (χ1n) is 13.0. The molecule has 0 radical (unpaired) electrons. The number of H-pyrrole nitrogens is 1. The van der Waals surface area contributed by atoms with Crippen LogP contribution in [0, 0.1) is 0 Å². The number of amides is 1. The van der Waals surface area contributed by atoms with Crippen molar-refractivity contribution >= 4 is 23.1 Å². The van der Waals surface area contributed by atoms with E-state index in [0.717, 1.165) is 24.0 Å². The minimum Gasteiger partial charge on any atom is -0.444 e. The van der Waals surface area contributed by atoms with Crippen LogP contribution in [0.5, 0.6) is 0 Å². The lowest BCUT2D eigenvalue weighted by molar-refractivity contribution is 0.0214. The zero-order valence-corrected chi connectivity index (χ0v) is 22.1. The molecule has 1 N–H and O–H groups in total. The molecule has 1 atom stereocenters. The highest BCUT2D eigenvalue weighted by molar-refractivity contribution is 5.83. The third-order valence-corrected chi connectivity index (χ3v) is 6.67. The smallest absolute Gasteiger partial charge is 0.410 e. The molecule has 2 aromatic carbocycles. The SMILES string of the molecule is CC(C)(C)OC(=O)N1CCCC1Cn1c(=O)[nH]c2c(N(Cc3ccccc3)Cc3ccccc3)ncnc21. The number of aromatic nitrogens is 4. The molecule has 1 aliphatic heterocycles. The van der Waals surface area contributed by atoms with Crippen LogP contribution in [-0.2, 0) is 24.4 Å². The first-order chi connectivity index (χ1) is 18.3. The van der Waals surface area contributed by atoms with Crippen LogP contribution in [-0.4, -0.2) is 48.7 Å². The van der Waals surface area contributed by atoms with Gasteiger partial charge in [-0.05, 0) is 44.7 Å². The zero-order valence-electron chi connectivity index (χ0n) is 22.1. The minimum absolute atomic E-state index is 0.148. The number of fused-ring (bicyclic) bond motifs is 1. The number of aromatic amines is 1. The molecule has 198 valence electrons. The third kappa shape index (κ3) is 5.72. The average Bonchev–Trinajstić information content (AvgIpc) is 3.48. The van der Waals surface area contributed by atoms with Crippen LogP contribution in [0.1, 0.15) is 44.7 Å². The fourth-order valence-corrected chi connectivity index (χ4v) is 4.97. The molecule has 3 heterocycles. The predicted octanol–water partition coefficient (Wildman–Crippen LogP) is 4.73. The van der Waals surface area contributed by atoms with Crippen LogP contribution >= 0.6 is 0 Å². The summed E-state index contributed by atoms with van der Waals surface area (Å²) in [7, 11) is 0. The lowest BCUT2D eigenvalue weighted by atomic mass is 10.1. The molecular weight excluding hydrogens is 480 g/mol. The number of hydrogen-bond acceptors (Lipinski definition) is 6. The van der Waals surface area contributed by atoms with Gasteiger partial charge in [-0.3, -0.25) is 4.57 Å². The van der Waals surface area contributed by atoms with E-state index in [1.165, 1.54) is 6.33 Å². The van der Waals surface area contributed by atoms with Gasteiger partial charge in [0.15, 0.2) is 11.5 Å². The molecule has 1 fully saturated rings. The van der Waals surface area contributed by atoms with Crippen molar-refractivity contribution < 1.29 is 9.53 Å². The molecule has 0 spiro atoms. The van der Waals surface area contributed by atoms with Crippen molar-refractivity contribution in [1.82, 2.24) is 24.4 Å². The molecule has 1 unspecified atom stereocenters. The van der Waals surface area contributed by atoms with E-state index in [2.05, 4.69) is 44.1 Å². The molecule has 9 heteroatoms. The van der Waals surface area contributed by atoms with Gasteiger partial charge < -0.3 is 19.5 Å². The van der Waals surface area contributed by atoms with Gasteiger partial charge in [-0.25, -0.2) is 19.6 Å². The number of carbonyl (C=O) groups excluding carboxylic acids is 1. The number of anilines is 1. The third-order valence-electron chi connectivity index (χ3n) is 6.67. The summed E-state index contributed by atoms with van der Waals surface area (Å²) in [5.74, 6) is 0.661. The van der Waals surface area contributed by atoms with Gasteiger partial charge in [0.2, 0.25) is 0 Å². The van der Waals surface area contributed by atoms with Crippen molar-refractivity contribution in [1.29, 1.82) is 0 Å². The fraction of sp³-hybridized carbons (Fsp3) is 0.379. The van der Waals surface area contributed by atoms with Crippen molar-refractivity contribution in [2.75, 3.05) is 11.4 Å². The van der Waals surface area contributed by atoms with Crippen LogP contribution in [0.25, 0.3) is 11.2 Å². The Bertz CT molecular complexity index is 1400. The van der Waals surface area contributed by atoms with Crippen LogP contribution in [0.4, 0.5) is 10.6 Å². The number of imidazole rings is 1. The van der Waals surface area contributed by atoms with Crippen molar-refractivity contribution in [3.63, 3.8) is 0 Å². The normalized spacial score (nSPS) is 15.7. The Morgan fingerprint density at radius 2 is 1.66 bits per heavy atom. The quantitative estimate of drug-likeness (QED) is 0.383. The molecule has 0 bridgehead atoms. The van der Waals surface area contributed by atoms with E-state index in [1.807, 2.05) is 57.2 Å². The largest absolute Gasteiger partial charge is 0.444 e. The average molecular weight is 515 g/mol. The second-order valence-corrected chi connectivity index (χ2v) is 10.7. The van der Waals surface area contributed by atoms with E-state index in [4.69, 9.17) is 4.74 Å². The van der Waals surface area contributed by atoms with Gasteiger partial charge in [0, 0.05) is 26.2 Å². The van der Waals surface area contributed by atoms with Gasteiger partial charge in [-0.2, -0.15) is 0 Å². The molecule has 0 saturated carbocycles. The first-order valence-corrected chi connectivity index (χ1v) is 13.0. The Morgan fingerprint density at radius 1 is 1.03 bits per heavy atom. The summed E-state index contributed by atoms with van der Waals surface area (Å²) in [5, 5.41) is 0. The van der Waals surface area contributed by atoms with E-state index in [9.17, 15) is 9.59 Å². The summed E-state index contributed by atoms with van der Waals surface area (Å²) in [5.41, 5.74) is 2.54. The highest BCUT2D eigenvalue weighted by atomic mass is 16.6. The summed E-state index contributed by atoms with van der Waals surface area (Å²) in [4.78, 5) is 42.0. The number of carbonyl (C=O) groups is 1. The van der Waals surface area contributed by atoms with Gasteiger partial charge in [0.05, 0.1) is 6.04 Å². The fourth-order valence-electron chi connectivity index (χ4n) is 4.97. The maximum atomic E-state index is 13.2. The minimum atomic E-state index is -0.578. The highest BCUT2D eigenvalue weighted by Gasteiger charge is 2.33. The summed E-state index contributed by atoms with van der Waals surface area (Å²) in [6.07, 6.45) is 2.82. The Morgan fingerprint density at radius 3 is 2.26 bits per heavy atom. The molecule has 38 heavy (non-hydrogen) atoms. The Balaban J connectivity index is 1.47. The molecule has 1 saturated heterocycles. The molecule has 2 aromatic heterocycles. The summed E-state index contributed by atoms with van der Waals surface area (Å²) in [6.45, 7) is 7.75. The Labute approximate surface area is 222 Å². The lowest BCUT2D eigenvalue weighted by Gasteiger charge is -2.28. The summed E-state index contributed by atoms with van der Waals surface area (Å²) >= 11 is 0. The number of hydrogen-bond donors (Lipinski definition) is 1. The van der Waals surface area contributed by atoms with Crippen molar-refractivity contribution in [3.8, 4) is 0 Å². The van der Waals surface area contributed by atoms with E-state index >= 15 is 0 Å². The maximum absolute atomic E-state index is 13.2. The van der Waals surface area contributed by atoms with Gasteiger partial charge >= 0.3 is 11.8 Å². The van der Waals surface area contributed by atoms with E-state index in [1.54, 1.807) is 9.47 Å². The van der Waals surface area contributed by atoms with E-state index in [-0.39, 0.29) is 17.8 Å². The molecule has 1 aliphatic rings. The molecule has 0 aliphatic carbocycles. The van der Waals surface area contributed by atoms with Crippen molar-refractivity contribution in [2.45, 2.75) is 64.9 Å². The topological polar surface area (TPSA) is 96.3 Å². The van der Waals surface area contributed by atoms with Crippen LogP contribution in [0.3, 0.4) is 0 Å². The number of nitrogens with zero attached hydrogens (tertiary/aromatic N) is 5. The van der Waals surface area contributed by atoms with Crippen LogP contribution < -0.4 is 10.6 Å². The zero-order chi connectivity index (χ0) is 26.7. The molecule has 1 amide bonds. The standard InChI is InChI=1S/C29H34N6O3/c1-29(2,3)38-28(37)34-16-10-15-23(34)19-35-26-24(32-27(35)36)25(30-20-31-26)33(17-21-11-6-4-7-12-21)18-22-13-8-5-9-14-22/h4-9,11-14,20,23H,10,15-19H2,1-3H3,(H,32,36). The van der Waals surface area contributed by atoms with Crippen LogP contribution in [0.15, 0.2) is 71.8 Å².